The highest BCUT2D eigenvalue weighted by Gasteiger charge is 2.17. The number of rotatable bonds is 3. The maximum Gasteiger partial charge on any atom is 0.0991 e. The third-order valence-corrected chi connectivity index (χ3v) is 2.94. The van der Waals surface area contributed by atoms with Crippen molar-refractivity contribution >= 4 is 5.69 Å². The summed E-state index contributed by atoms with van der Waals surface area (Å²) in [5.74, 6) is 0. The molecule has 1 heterocycles. The predicted octanol–water partition coefficient (Wildman–Crippen LogP) is 2.17. The molecule has 3 nitrogen and oxygen atoms in total. The summed E-state index contributed by atoms with van der Waals surface area (Å²) in [7, 11) is 2.06. The van der Waals surface area contributed by atoms with Crippen LogP contribution in [0.3, 0.4) is 0 Å². The topological polar surface area (TPSA) is 36.3 Å². The van der Waals surface area contributed by atoms with Gasteiger partial charge in [0, 0.05) is 25.9 Å². The summed E-state index contributed by atoms with van der Waals surface area (Å²) < 4.78 is 5.60. The fourth-order valence-electron chi connectivity index (χ4n) is 1.99. The Morgan fingerprint density at radius 3 is 2.75 bits per heavy atom. The number of benzene rings is 1. The summed E-state index contributed by atoms with van der Waals surface area (Å²) >= 11 is 0. The van der Waals surface area contributed by atoms with Gasteiger partial charge in [0.05, 0.1) is 17.7 Å². The van der Waals surface area contributed by atoms with Crippen LogP contribution in [0.1, 0.15) is 18.4 Å². The fraction of sp³-hybridized carbons (Fsp3) is 0.462. The van der Waals surface area contributed by atoms with Gasteiger partial charge in [-0.2, -0.15) is 5.26 Å². The van der Waals surface area contributed by atoms with Gasteiger partial charge < -0.3 is 9.64 Å². The average Bonchev–Trinajstić information content (AvgIpc) is 2.82. The molecule has 0 bridgehead atoms. The minimum atomic E-state index is 0.362. The first-order valence-electron chi connectivity index (χ1n) is 5.62. The van der Waals surface area contributed by atoms with E-state index in [2.05, 4.69) is 18.0 Å². The smallest absolute Gasteiger partial charge is 0.0991 e. The number of ether oxygens (including phenoxy) is 1. The Kier molecular flexibility index (Phi) is 3.43. The van der Waals surface area contributed by atoms with Crippen LogP contribution in [0.2, 0.25) is 0 Å². The Hall–Kier alpha value is -1.53. The summed E-state index contributed by atoms with van der Waals surface area (Å²) in [6.07, 6.45) is 2.69. The van der Waals surface area contributed by atoms with E-state index in [-0.39, 0.29) is 0 Å². The van der Waals surface area contributed by atoms with E-state index in [0.717, 1.165) is 25.3 Å². The van der Waals surface area contributed by atoms with Crippen LogP contribution in [0.15, 0.2) is 24.3 Å². The van der Waals surface area contributed by atoms with Crippen LogP contribution < -0.4 is 4.90 Å². The lowest BCUT2D eigenvalue weighted by atomic mass is 10.2. The molecule has 2 rings (SSSR count). The Balaban J connectivity index is 1.97. The molecule has 1 fully saturated rings. The van der Waals surface area contributed by atoms with Gasteiger partial charge >= 0.3 is 0 Å². The maximum atomic E-state index is 8.71. The molecule has 0 aliphatic carbocycles. The second kappa shape index (κ2) is 5.00. The summed E-state index contributed by atoms with van der Waals surface area (Å²) in [6, 6.07) is 9.78. The van der Waals surface area contributed by atoms with Gasteiger partial charge in [-0.1, -0.05) is 0 Å². The van der Waals surface area contributed by atoms with Crippen molar-refractivity contribution in [1.82, 2.24) is 0 Å². The Morgan fingerprint density at radius 1 is 1.44 bits per heavy atom. The van der Waals surface area contributed by atoms with Gasteiger partial charge in [-0.3, -0.25) is 0 Å². The summed E-state index contributed by atoms with van der Waals surface area (Å²) in [4.78, 5) is 2.18. The van der Waals surface area contributed by atoms with Crippen molar-refractivity contribution in [2.75, 3.05) is 25.1 Å². The molecule has 0 spiro atoms. The van der Waals surface area contributed by atoms with Gasteiger partial charge in [0.15, 0.2) is 0 Å². The highest BCUT2D eigenvalue weighted by Crippen LogP contribution is 2.18. The van der Waals surface area contributed by atoms with Gasteiger partial charge in [0.25, 0.3) is 0 Å². The molecule has 1 aliphatic heterocycles. The molecule has 1 atom stereocenters. The zero-order chi connectivity index (χ0) is 11.4. The molecule has 0 amide bonds. The summed E-state index contributed by atoms with van der Waals surface area (Å²) in [5.41, 5.74) is 1.84. The van der Waals surface area contributed by atoms with Crippen LogP contribution >= 0.6 is 0 Å². The minimum absolute atomic E-state index is 0.362. The second-order valence-electron chi connectivity index (χ2n) is 4.17. The fourth-order valence-corrected chi connectivity index (χ4v) is 1.99. The van der Waals surface area contributed by atoms with Gasteiger partial charge in [0.1, 0.15) is 0 Å². The molecule has 1 unspecified atom stereocenters. The van der Waals surface area contributed by atoms with E-state index in [0.29, 0.717) is 11.7 Å². The van der Waals surface area contributed by atoms with Crippen LogP contribution in [-0.2, 0) is 4.74 Å². The molecule has 1 aromatic carbocycles. The maximum absolute atomic E-state index is 8.71. The Bertz CT molecular complexity index is 374. The van der Waals surface area contributed by atoms with E-state index in [9.17, 15) is 0 Å². The van der Waals surface area contributed by atoms with Gasteiger partial charge in [0.2, 0.25) is 0 Å². The second-order valence-corrected chi connectivity index (χ2v) is 4.17. The van der Waals surface area contributed by atoms with Crippen molar-refractivity contribution in [1.29, 1.82) is 5.26 Å². The molecule has 1 saturated heterocycles. The number of hydrogen-bond acceptors (Lipinski definition) is 3. The van der Waals surface area contributed by atoms with E-state index < -0.39 is 0 Å². The molecule has 1 aromatic rings. The molecule has 0 saturated carbocycles. The SMILES string of the molecule is CN(CC1CCCO1)c1ccc(C#N)cc1. The quantitative estimate of drug-likeness (QED) is 0.777. The highest BCUT2D eigenvalue weighted by molar-refractivity contribution is 5.49. The molecule has 16 heavy (non-hydrogen) atoms. The van der Waals surface area contributed by atoms with Crippen LogP contribution in [0.25, 0.3) is 0 Å². The third-order valence-electron chi connectivity index (χ3n) is 2.94. The number of likely N-dealkylation sites (N-methyl/N-ethyl adjacent to an activating group) is 1. The van der Waals surface area contributed by atoms with Gasteiger partial charge in [-0.05, 0) is 37.1 Å². The van der Waals surface area contributed by atoms with Crippen molar-refractivity contribution in [3.8, 4) is 6.07 Å². The van der Waals surface area contributed by atoms with Crippen LogP contribution in [0.5, 0.6) is 0 Å². The molecule has 0 aromatic heterocycles. The summed E-state index contributed by atoms with van der Waals surface area (Å²) in [5, 5.41) is 8.71. The normalized spacial score (nSPS) is 19.4. The number of anilines is 1. The van der Waals surface area contributed by atoms with E-state index in [1.54, 1.807) is 0 Å². The molecule has 84 valence electrons. The summed E-state index contributed by atoms with van der Waals surface area (Å²) in [6.45, 7) is 1.82. The standard InChI is InChI=1S/C13H16N2O/c1-15(10-13-3-2-8-16-13)12-6-4-11(9-14)5-7-12/h4-7,13H,2-3,8,10H2,1H3. The zero-order valence-electron chi connectivity index (χ0n) is 9.52. The van der Waals surface area contributed by atoms with Crippen molar-refractivity contribution in [2.24, 2.45) is 0 Å². The molecule has 0 N–H and O–H groups in total. The van der Waals surface area contributed by atoms with Crippen LogP contribution in [-0.4, -0.2) is 26.3 Å². The molecule has 3 heteroatoms. The van der Waals surface area contributed by atoms with Crippen LogP contribution in [0.4, 0.5) is 5.69 Å². The zero-order valence-corrected chi connectivity index (χ0v) is 9.52. The predicted molar refractivity (Wildman–Crippen MR) is 63.4 cm³/mol. The van der Waals surface area contributed by atoms with Crippen molar-refractivity contribution in [3.63, 3.8) is 0 Å². The van der Waals surface area contributed by atoms with Crippen molar-refractivity contribution in [2.45, 2.75) is 18.9 Å². The lowest BCUT2D eigenvalue weighted by Gasteiger charge is -2.22. The van der Waals surface area contributed by atoms with Crippen molar-refractivity contribution in [3.05, 3.63) is 29.8 Å². The average molecular weight is 216 g/mol. The van der Waals surface area contributed by atoms with E-state index in [4.69, 9.17) is 10.00 Å². The van der Waals surface area contributed by atoms with Gasteiger partial charge in [-0.15, -0.1) is 0 Å². The van der Waals surface area contributed by atoms with E-state index >= 15 is 0 Å². The molecular formula is C13H16N2O. The first-order valence-corrected chi connectivity index (χ1v) is 5.62. The number of nitriles is 1. The first kappa shape index (κ1) is 11.0. The largest absolute Gasteiger partial charge is 0.376 e. The molecule has 0 radical (unpaired) electrons. The Morgan fingerprint density at radius 2 is 2.19 bits per heavy atom. The minimum Gasteiger partial charge on any atom is -0.376 e. The monoisotopic (exact) mass is 216 g/mol. The van der Waals surface area contributed by atoms with Crippen LogP contribution in [0, 0.1) is 11.3 Å². The van der Waals surface area contributed by atoms with Gasteiger partial charge in [-0.25, -0.2) is 0 Å². The third kappa shape index (κ3) is 2.53. The molecular weight excluding hydrogens is 200 g/mol. The lowest BCUT2D eigenvalue weighted by molar-refractivity contribution is 0.116. The number of nitrogens with zero attached hydrogens (tertiary/aromatic N) is 2. The molecule has 1 aliphatic rings. The van der Waals surface area contributed by atoms with E-state index in [1.807, 2.05) is 24.3 Å². The lowest BCUT2D eigenvalue weighted by Crippen LogP contribution is -2.28. The van der Waals surface area contributed by atoms with E-state index in [1.165, 1.54) is 6.42 Å². The Labute approximate surface area is 96.2 Å². The first-order chi connectivity index (χ1) is 7.79. The van der Waals surface area contributed by atoms with Crippen molar-refractivity contribution < 1.29 is 4.74 Å². The number of hydrogen-bond donors (Lipinski definition) is 0. The highest BCUT2D eigenvalue weighted by atomic mass is 16.5.